The molecule has 0 spiro atoms. The fraction of sp³-hybridized carbons (Fsp3) is 1.00. The van der Waals surface area contributed by atoms with E-state index in [0.717, 1.165) is 11.0 Å². The van der Waals surface area contributed by atoms with E-state index in [-0.39, 0.29) is 31.0 Å². The van der Waals surface area contributed by atoms with Gasteiger partial charge in [-0.15, -0.1) is 0 Å². The molecular weight excluding hydrogens is 212 g/mol. The van der Waals surface area contributed by atoms with Gasteiger partial charge in [0.1, 0.15) is 6.54 Å². The second kappa shape index (κ2) is 4.60. The maximum atomic E-state index is 8.39. The number of hydrogen-bond acceptors (Lipinski definition) is 1. The monoisotopic (exact) mass is 225 g/mol. The van der Waals surface area contributed by atoms with Gasteiger partial charge in [-0.2, -0.15) is 0 Å². The van der Waals surface area contributed by atoms with Crippen LogP contribution < -0.4 is 0 Å². The standard InChI is InChI=1S/C5H14NO.Sb/c1-6(2,3)4-5-7;/h7H,4-5H2,1-3H3;/q+1;. The van der Waals surface area contributed by atoms with E-state index < -0.39 is 0 Å². The van der Waals surface area contributed by atoms with Crippen LogP contribution in [0.2, 0.25) is 0 Å². The van der Waals surface area contributed by atoms with E-state index in [1.165, 1.54) is 0 Å². The minimum atomic E-state index is 0. The van der Waals surface area contributed by atoms with Crippen molar-refractivity contribution >= 4 is 24.4 Å². The van der Waals surface area contributed by atoms with Crippen molar-refractivity contribution in [3.63, 3.8) is 0 Å². The van der Waals surface area contributed by atoms with E-state index in [1.807, 2.05) is 0 Å². The van der Waals surface area contributed by atoms with Gasteiger partial charge in [0, 0.05) is 24.4 Å². The van der Waals surface area contributed by atoms with Crippen molar-refractivity contribution in [3.8, 4) is 0 Å². The first-order valence-corrected chi connectivity index (χ1v) is 2.47. The number of nitrogens with zero attached hydrogens (tertiary/aromatic N) is 1. The van der Waals surface area contributed by atoms with Crippen LogP contribution in [0.5, 0.6) is 0 Å². The molecule has 0 aromatic heterocycles. The molecule has 3 heteroatoms. The average Bonchev–Trinajstić information content (AvgIpc) is 1.30. The number of quaternary nitrogens is 1. The van der Waals surface area contributed by atoms with Crippen LogP contribution in [0, 0.1) is 0 Å². The smallest absolute Gasteiger partial charge is 0.101 e. The van der Waals surface area contributed by atoms with Crippen LogP contribution in [0.25, 0.3) is 0 Å². The molecule has 2 nitrogen and oxygen atoms in total. The fourth-order valence-electron chi connectivity index (χ4n) is 0.300. The van der Waals surface area contributed by atoms with Gasteiger partial charge in [-0.1, -0.05) is 0 Å². The Bertz CT molecular complexity index is 50.9. The summed E-state index contributed by atoms with van der Waals surface area (Å²) in [6.45, 7) is 1.11. The van der Waals surface area contributed by atoms with Gasteiger partial charge in [0.15, 0.2) is 0 Å². The normalized spacial score (nSPS) is 10.5. The van der Waals surface area contributed by atoms with Crippen LogP contribution in [0.4, 0.5) is 0 Å². The summed E-state index contributed by atoms with van der Waals surface area (Å²) >= 11 is 0. The molecule has 8 heavy (non-hydrogen) atoms. The molecular formula is C5H14NOSb+. The molecule has 0 fully saturated rings. The summed E-state index contributed by atoms with van der Waals surface area (Å²) in [5.41, 5.74) is 0. The van der Waals surface area contributed by atoms with Gasteiger partial charge in [0.2, 0.25) is 0 Å². The van der Waals surface area contributed by atoms with Gasteiger partial charge in [-0.25, -0.2) is 0 Å². The molecule has 3 radical (unpaired) electrons. The quantitative estimate of drug-likeness (QED) is 0.487. The SMILES string of the molecule is C[N+](C)(C)CCO.[Sb]. The predicted molar refractivity (Wildman–Crippen MR) is 35.7 cm³/mol. The average molecular weight is 226 g/mol. The van der Waals surface area contributed by atoms with Crippen molar-refractivity contribution in [1.82, 2.24) is 0 Å². The van der Waals surface area contributed by atoms with E-state index in [4.69, 9.17) is 5.11 Å². The molecule has 0 rings (SSSR count). The Morgan fingerprint density at radius 1 is 1.25 bits per heavy atom. The van der Waals surface area contributed by atoms with E-state index in [1.54, 1.807) is 0 Å². The molecule has 0 aromatic carbocycles. The molecule has 1 N–H and O–H groups in total. The minimum Gasteiger partial charge on any atom is -0.391 e. The largest absolute Gasteiger partial charge is 0.391 e. The first kappa shape index (κ1) is 11.5. The van der Waals surface area contributed by atoms with Gasteiger partial charge in [-0.3, -0.25) is 0 Å². The molecule has 0 bridgehead atoms. The summed E-state index contributed by atoms with van der Waals surface area (Å²) in [6.07, 6.45) is 0. The van der Waals surface area contributed by atoms with Crippen molar-refractivity contribution in [2.24, 2.45) is 0 Å². The van der Waals surface area contributed by atoms with Crippen molar-refractivity contribution in [1.29, 1.82) is 0 Å². The van der Waals surface area contributed by atoms with Crippen LogP contribution in [0.3, 0.4) is 0 Å². The molecule has 49 valence electrons. The van der Waals surface area contributed by atoms with Crippen molar-refractivity contribution in [2.75, 3.05) is 34.3 Å². The van der Waals surface area contributed by atoms with Crippen molar-refractivity contribution in [2.45, 2.75) is 0 Å². The summed E-state index contributed by atoms with van der Waals surface area (Å²) in [6, 6.07) is 0. The zero-order chi connectivity index (χ0) is 5.91. The number of likely N-dealkylation sites (N-methyl/N-ethyl adjacent to an activating group) is 1. The number of rotatable bonds is 2. The van der Waals surface area contributed by atoms with Crippen LogP contribution in [-0.2, 0) is 0 Å². The molecule has 0 aliphatic heterocycles. The first-order valence-electron chi connectivity index (χ1n) is 2.47. The molecule has 0 aliphatic rings. The van der Waals surface area contributed by atoms with Crippen LogP contribution in [0.15, 0.2) is 0 Å². The molecule has 0 saturated heterocycles. The van der Waals surface area contributed by atoms with E-state index in [9.17, 15) is 0 Å². The van der Waals surface area contributed by atoms with Crippen molar-refractivity contribution in [3.05, 3.63) is 0 Å². The number of aliphatic hydroxyl groups is 1. The molecule has 0 saturated carbocycles. The summed E-state index contributed by atoms with van der Waals surface area (Å²) in [5, 5.41) is 8.39. The Labute approximate surface area is 68.5 Å². The zero-order valence-electron chi connectivity index (χ0n) is 5.76. The van der Waals surface area contributed by atoms with Crippen LogP contribution >= 0.6 is 0 Å². The summed E-state index contributed by atoms with van der Waals surface area (Å²) < 4.78 is 0.844. The topological polar surface area (TPSA) is 20.2 Å². The van der Waals surface area contributed by atoms with Gasteiger partial charge in [0.25, 0.3) is 0 Å². The fourth-order valence-corrected chi connectivity index (χ4v) is 0.300. The summed E-state index contributed by atoms with van der Waals surface area (Å²) in [7, 11) is 6.16. The molecule has 0 aromatic rings. The van der Waals surface area contributed by atoms with Crippen LogP contribution in [-0.4, -0.2) is 68.3 Å². The second-order valence-corrected chi connectivity index (χ2v) is 2.74. The molecule has 0 amide bonds. The zero-order valence-corrected chi connectivity index (χ0v) is 8.31. The van der Waals surface area contributed by atoms with E-state index in [2.05, 4.69) is 21.1 Å². The van der Waals surface area contributed by atoms with E-state index >= 15 is 0 Å². The van der Waals surface area contributed by atoms with Gasteiger partial charge in [0.05, 0.1) is 27.7 Å². The second-order valence-electron chi connectivity index (χ2n) is 2.74. The number of aliphatic hydroxyl groups excluding tert-OH is 1. The molecule has 0 atom stereocenters. The molecule has 0 heterocycles. The Kier molecular flexibility index (Phi) is 6.63. The van der Waals surface area contributed by atoms with Crippen LogP contribution in [0.1, 0.15) is 0 Å². The summed E-state index contributed by atoms with van der Waals surface area (Å²) in [4.78, 5) is 0. The van der Waals surface area contributed by atoms with Gasteiger partial charge < -0.3 is 9.59 Å². The Morgan fingerprint density at radius 3 is 1.62 bits per heavy atom. The van der Waals surface area contributed by atoms with Gasteiger partial charge in [-0.05, 0) is 0 Å². The van der Waals surface area contributed by atoms with E-state index in [0.29, 0.717) is 0 Å². The maximum absolute atomic E-state index is 8.39. The third-order valence-electron chi connectivity index (χ3n) is 0.771. The van der Waals surface area contributed by atoms with Gasteiger partial charge >= 0.3 is 0 Å². The summed E-state index contributed by atoms with van der Waals surface area (Å²) in [5.74, 6) is 0. The molecule has 0 unspecified atom stereocenters. The predicted octanol–water partition coefficient (Wildman–Crippen LogP) is -0.696. The Morgan fingerprint density at radius 2 is 1.62 bits per heavy atom. The van der Waals surface area contributed by atoms with Crippen molar-refractivity contribution < 1.29 is 9.59 Å². The Balaban J connectivity index is 0. The number of hydrogen-bond donors (Lipinski definition) is 1. The minimum absolute atomic E-state index is 0. The third kappa shape index (κ3) is 9.88. The first-order chi connectivity index (χ1) is 3.06. The Hall–Kier alpha value is 0.738. The maximum Gasteiger partial charge on any atom is 0.101 e. The third-order valence-corrected chi connectivity index (χ3v) is 0.771. The molecule has 0 aliphatic carbocycles.